The van der Waals surface area contributed by atoms with E-state index in [9.17, 15) is 0 Å². The number of nitrogens with zero attached hydrogens (tertiary/aromatic N) is 2. The molecule has 84 valence electrons. The Bertz CT molecular complexity index is 308. The predicted molar refractivity (Wildman–Crippen MR) is 66.3 cm³/mol. The smallest absolute Gasteiger partial charge is 0.108 e. The number of aromatic nitrogens is 2. The fourth-order valence-electron chi connectivity index (χ4n) is 2.43. The topological polar surface area (TPSA) is 17.8 Å². The van der Waals surface area contributed by atoms with Crippen molar-refractivity contribution in [2.75, 3.05) is 0 Å². The number of imidazole rings is 1. The molecule has 15 heavy (non-hydrogen) atoms. The lowest BCUT2D eigenvalue weighted by molar-refractivity contribution is 0.508. The van der Waals surface area contributed by atoms with E-state index >= 15 is 0 Å². The van der Waals surface area contributed by atoms with Crippen LogP contribution in [0.15, 0.2) is 12.4 Å². The van der Waals surface area contributed by atoms with Crippen molar-refractivity contribution in [3.63, 3.8) is 0 Å². The van der Waals surface area contributed by atoms with Crippen LogP contribution in [0.5, 0.6) is 0 Å². The Hall–Kier alpha value is -0.310. The van der Waals surface area contributed by atoms with E-state index in [0.29, 0.717) is 0 Å². The first-order valence-electron chi connectivity index (χ1n) is 5.93. The molecule has 1 aliphatic rings. The zero-order chi connectivity index (χ0) is 10.7. The van der Waals surface area contributed by atoms with Gasteiger partial charge in [-0.1, -0.05) is 22.9 Å². The van der Waals surface area contributed by atoms with Gasteiger partial charge in [-0.3, -0.25) is 0 Å². The third kappa shape index (κ3) is 2.83. The van der Waals surface area contributed by atoms with E-state index in [-0.39, 0.29) is 0 Å². The summed E-state index contributed by atoms with van der Waals surface area (Å²) in [6.45, 7) is 3.33. The van der Waals surface area contributed by atoms with Gasteiger partial charge in [-0.05, 0) is 31.6 Å². The molecule has 0 amide bonds. The molecule has 2 atom stereocenters. The van der Waals surface area contributed by atoms with Gasteiger partial charge >= 0.3 is 0 Å². The van der Waals surface area contributed by atoms with Gasteiger partial charge in [0.25, 0.3) is 0 Å². The summed E-state index contributed by atoms with van der Waals surface area (Å²) in [6.07, 6.45) is 10.4. The molecule has 1 saturated carbocycles. The molecule has 0 radical (unpaired) electrons. The lowest BCUT2D eigenvalue weighted by Gasteiger charge is -2.10. The molecule has 1 heterocycles. The maximum Gasteiger partial charge on any atom is 0.108 e. The van der Waals surface area contributed by atoms with Gasteiger partial charge in [-0.25, -0.2) is 4.98 Å². The Kier molecular flexibility index (Phi) is 3.84. The fourth-order valence-corrected chi connectivity index (χ4v) is 3.23. The molecule has 3 heteroatoms. The molecule has 0 aliphatic heterocycles. The summed E-state index contributed by atoms with van der Waals surface area (Å²) >= 11 is 3.70. The fraction of sp³-hybridized carbons (Fsp3) is 0.750. The van der Waals surface area contributed by atoms with Crippen LogP contribution < -0.4 is 0 Å². The minimum atomic E-state index is 0.747. The van der Waals surface area contributed by atoms with Gasteiger partial charge in [0.2, 0.25) is 0 Å². The third-order valence-electron chi connectivity index (χ3n) is 3.21. The summed E-state index contributed by atoms with van der Waals surface area (Å²) in [5, 5.41) is 0. The number of rotatable bonds is 4. The molecular formula is C12H19BrN2. The van der Waals surface area contributed by atoms with Gasteiger partial charge in [-0.2, -0.15) is 0 Å². The molecule has 0 spiro atoms. The van der Waals surface area contributed by atoms with Crippen LogP contribution in [0.1, 0.15) is 38.4 Å². The van der Waals surface area contributed by atoms with Crippen LogP contribution in [-0.4, -0.2) is 14.4 Å². The quantitative estimate of drug-likeness (QED) is 0.767. The van der Waals surface area contributed by atoms with E-state index in [1.54, 1.807) is 0 Å². The van der Waals surface area contributed by atoms with Crippen molar-refractivity contribution in [2.24, 2.45) is 5.92 Å². The Balaban J connectivity index is 1.95. The second-order valence-electron chi connectivity index (χ2n) is 4.52. The summed E-state index contributed by atoms with van der Waals surface area (Å²) in [6, 6.07) is 0. The zero-order valence-electron chi connectivity index (χ0n) is 9.32. The molecule has 0 N–H and O–H groups in total. The van der Waals surface area contributed by atoms with E-state index in [4.69, 9.17) is 0 Å². The highest BCUT2D eigenvalue weighted by molar-refractivity contribution is 9.09. The van der Waals surface area contributed by atoms with E-state index in [0.717, 1.165) is 23.7 Å². The van der Waals surface area contributed by atoms with Crippen molar-refractivity contribution in [1.82, 2.24) is 9.55 Å². The molecule has 0 saturated heterocycles. The van der Waals surface area contributed by atoms with Gasteiger partial charge in [0.05, 0.1) is 0 Å². The standard InChI is InChI=1S/C12H19BrN2/c1-2-6-15-7-5-14-12(15)9-10-3-4-11(13)8-10/h5,7,10-11H,2-4,6,8-9H2,1H3. The number of aryl methyl sites for hydroxylation is 1. The van der Waals surface area contributed by atoms with Crippen molar-refractivity contribution < 1.29 is 0 Å². The minimum Gasteiger partial charge on any atom is -0.335 e. The van der Waals surface area contributed by atoms with Crippen LogP contribution in [0.2, 0.25) is 0 Å². The van der Waals surface area contributed by atoms with Gasteiger partial charge < -0.3 is 4.57 Å². The van der Waals surface area contributed by atoms with Gasteiger partial charge in [-0.15, -0.1) is 0 Å². The van der Waals surface area contributed by atoms with Crippen molar-refractivity contribution >= 4 is 15.9 Å². The largest absolute Gasteiger partial charge is 0.335 e. The highest BCUT2D eigenvalue weighted by Crippen LogP contribution is 2.32. The Morgan fingerprint density at radius 1 is 1.53 bits per heavy atom. The van der Waals surface area contributed by atoms with Crippen molar-refractivity contribution in [2.45, 2.75) is 50.4 Å². The number of halogens is 1. The van der Waals surface area contributed by atoms with Crippen molar-refractivity contribution in [3.8, 4) is 0 Å². The molecular weight excluding hydrogens is 252 g/mol. The third-order valence-corrected chi connectivity index (χ3v) is 4.05. The number of alkyl halides is 1. The van der Waals surface area contributed by atoms with E-state index in [2.05, 4.69) is 38.6 Å². The van der Waals surface area contributed by atoms with Crippen LogP contribution in [0.3, 0.4) is 0 Å². The van der Waals surface area contributed by atoms with E-state index in [1.165, 1.54) is 31.5 Å². The highest BCUT2D eigenvalue weighted by Gasteiger charge is 2.23. The summed E-state index contributed by atoms with van der Waals surface area (Å²) < 4.78 is 2.31. The molecule has 2 rings (SSSR count). The summed E-state index contributed by atoms with van der Waals surface area (Å²) in [5.74, 6) is 2.12. The van der Waals surface area contributed by atoms with Gasteiger partial charge in [0.1, 0.15) is 5.82 Å². The van der Waals surface area contributed by atoms with Crippen molar-refractivity contribution in [1.29, 1.82) is 0 Å². The predicted octanol–water partition coefficient (Wildman–Crippen LogP) is 3.40. The average Bonchev–Trinajstić information content (AvgIpc) is 2.78. The molecule has 1 aromatic rings. The highest BCUT2D eigenvalue weighted by atomic mass is 79.9. The van der Waals surface area contributed by atoms with E-state index in [1.807, 2.05) is 6.20 Å². The van der Waals surface area contributed by atoms with Crippen LogP contribution in [0.25, 0.3) is 0 Å². The summed E-state index contributed by atoms with van der Waals surface area (Å²) in [7, 11) is 0. The second kappa shape index (κ2) is 5.15. The normalized spacial score (nSPS) is 26.0. The maximum atomic E-state index is 4.47. The van der Waals surface area contributed by atoms with Gasteiger partial charge in [0.15, 0.2) is 0 Å². The monoisotopic (exact) mass is 270 g/mol. The SMILES string of the molecule is CCCn1ccnc1CC1CCC(Br)C1. The Morgan fingerprint density at radius 2 is 2.40 bits per heavy atom. The van der Waals surface area contributed by atoms with Crippen molar-refractivity contribution in [3.05, 3.63) is 18.2 Å². The lowest BCUT2D eigenvalue weighted by Crippen LogP contribution is -2.08. The average molecular weight is 271 g/mol. The molecule has 1 fully saturated rings. The second-order valence-corrected chi connectivity index (χ2v) is 5.81. The minimum absolute atomic E-state index is 0.747. The Morgan fingerprint density at radius 3 is 3.07 bits per heavy atom. The molecule has 1 aliphatic carbocycles. The Labute approximate surface area is 100 Å². The zero-order valence-corrected chi connectivity index (χ0v) is 10.9. The molecule has 0 aromatic carbocycles. The maximum absolute atomic E-state index is 4.47. The summed E-state index contributed by atoms with van der Waals surface area (Å²) in [5.41, 5.74) is 0. The van der Waals surface area contributed by atoms with E-state index < -0.39 is 0 Å². The molecule has 2 nitrogen and oxygen atoms in total. The molecule has 1 aromatic heterocycles. The molecule has 0 bridgehead atoms. The van der Waals surface area contributed by atoms with Crippen LogP contribution >= 0.6 is 15.9 Å². The lowest BCUT2D eigenvalue weighted by atomic mass is 10.0. The van der Waals surface area contributed by atoms with Crippen LogP contribution in [-0.2, 0) is 13.0 Å². The number of hydrogen-bond donors (Lipinski definition) is 0. The number of hydrogen-bond acceptors (Lipinski definition) is 1. The first-order valence-corrected chi connectivity index (χ1v) is 6.85. The van der Waals surface area contributed by atoms with Crippen LogP contribution in [0, 0.1) is 5.92 Å². The van der Waals surface area contributed by atoms with Gasteiger partial charge in [0, 0.05) is 30.2 Å². The summed E-state index contributed by atoms with van der Waals surface area (Å²) in [4.78, 5) is 5.22. The molecule has 2 unspecified atom stereocenters. The first-order chi connectivity index (χ1) is 7.29. The van der Waals surface area contributed by atoms with Crippen LogP contribution in [0.4, 0.5) is 0 Å². The first kappa shape index (κ1) is 11.2.